The van der Waals surface area contributed by atoms with Gasteiger partial charge in [0, 0.05) is 24.8 Å². The van der Waals surface area contributed by atoms with Gasteiger partial charge in [-0.05, 0) is 24.6 Å². The molecule has 0 spiro atoms. The number of carbonyl (C=O) groups excluding carboxylic acids is 1. The highest BCUT2D eigenvalue weighted by atomic mass is 35.5. The van der Waals surface area contributed by atoms with E-state index in [0.717, 1.165) is 6.42 Å². The van der Waals surface area contributed by atoms with E-state index >= 15 is 0 Å². The van der Waals surface area contributed by atoms with Gasteiger partial charge in [0.2, 0.25) is 0 Å². The van der Waals surface area contributed by atoms with Crippen molar-refractivity contribution < 1.29 is 4.79 Å². The molecule has 2 aromatic rings. The maximum atomic E-state index is 11.9. The smallest absolute Gasteiger partial charge is 0.251 e. The summed E-state index contributed by atoms with van der Waals surface area (Å²) in [4.78, 5) is 11.9. The van der Waals surface area contributed by atoms with Crippen LogP contribution in [0.15, 0.2) is 36.7 Å². The van der Waals surface area contributed by atoms with Gasteiger partial charge < -0.3 is 5.32 Å². The van der Waals surface area contributed by atoms with Crippen LogP contribution in [0, 0.1) is 11.3 Å². The molecule has 2 rings (SSSR count). The van der Waals surface area contributed by atoms with Gasteiger partial charge in [0.05, 0.1) is 22.9 Å². The lowest BCUT2D eigenvalue weighted by Gasteiger charge is -2.05. The first kappa shape index (κ1) is 14.1. The van der Waals surface area contributed by atoms with E-state index in [-0.39, 0.29) is 5.91 Å². The Hall–Kier alpha value is -2.32. The lowest BCUT2D eigenvalue weighted by atomic mass is 10.1. The third-order valence-electron chi connectivity index (χ3n) is 2.71. The Morgan fingerprint density at radius 2 is 2.35 bits per heavy atom. The van der Waals surface area contributed by atoms with Crippen LogP contribution < -0.4 is 5.32 Å². The van der Waals surface area contributed by atoms with Crippen LogP contribution in [0.4, 0.5) is 0 Å². The number of carbonyl (C=O) groups is 1. The van der Waals surface area contributed by atoms with E-state index in [1.165, 1.54) is 0 Å². The standard InChI is InChI=1S/C14H13ClN4O/c15-13-9-18-19(10-13)6-2-5-17-14(20)12-4-1-3-11(7-12)8-16/h1,3-4,7,9-10H,2,5-6H2,(H,17,20). The van der Waals surface area contributed by atoms with E-state index in [2.05, 4.69) is 10.4 Å². The maximum absolute atomic E-state index is 11.9. The van der Waals surface area contributed by atoms with Crippen molar-refractivity contribution in [3.05, 3.63) is 52.8 Å². The van der Waals surface area contributed by atoms with Crippen LogP contribution in [0.25, 0.3) is 0 Å². The van der Waals surface area contributed by atoms with Crippen molar-refractivity contribution in [2.75, 3.05) is 6.54 Å². The maximum Gasteiger partial charge on any atom is 0.251 e. The predicted molar refractivity (Wildman–Crippen MR) is 75.3 cm³/mol. The van der Waals surface area contributed by atoms with E-state index in [4.69, 9.17) is 16.9 Å². The Morgan fingerprint density at radius 1 is 1.50 bits per heavy atom. The van der Waals surface area contributed by atoms with Crippen molar-refractivity contribution in [1.82, 2.24) is 15.1 Å². The molecule has 0 unspecified atom stereocenters. The molecule has 0 aliphatic heterocycles. The number of benzene rings is 1. The zero-order valence-electron chi connectivity index (χ0n) is 10.7. The molecule has 6 heteroatoms. The SMILES string of the molecule is N#Cc1cccc(C(=O)NCCCn2cc(Cl)cn2)c1. The average Bonchev–Trinajstić information content (AvgIpc) is 2.89. The first-order valence-electron chi connectivity index (χ1n) is 6.15. The van der Waals surface area contributed by atoms with Gasteiger partial charge in [-0.2, -0.15) is 10.4 Å². The summed E-state index contributed by atoms with van der Waals surface area (Å²) in [5.41, 5.74) is 0.968. The first-order chi connectivity index (χ1) is 9.69. The molecule has 5 nitrogen and oxygen atoms in total. The highest BCUT2D eigenvalue weighted by Crippen LogP contribution is 2.05. The normalized spacial score (nSPS) is 10.0. The molecule has 0 aliphatic rings. The Bertz CT molecular complexity index is 645. The Labute approximate surface area is 121 Å². The van der Waals surface area contributed by atoms with Gasteiger partial charge in [0.25, 0.3) is 5.91 Å². The molecule has 0 saturated heterocycles. The zero-order valence-corrected chi connectivity index (χ0v) is 11.5. The summed E-state index contributed by atoms with van der Waals surface area (Å²) in [7, 11) is 0. The molecule has 0 saturated carbocycles. The fourth-order valence-electron chi connectivity index (χ4n) is 1.74. The second kappa shape index (κ2) is 6.73. The first-order valence-corrected chi connectivity index (χ1v) is 6.53. The Balaban J connectivity index is 1.79. The highest BCUT2D eigenvalue weighted by molar-refractivity contribution is 6.30. The van der Waals surface area contributed by atoms with Crippen LogP contribution >= 0.6 is 11.6 Å². The van der Waals surface area contributed by atoms with Gasteiger partial charge in [0.15, 0.2) is 0 Å². The Kier molecular flexibility index (Phi) is 4.75. The minimum atomic E-state index is -0.180. The van der Waals surface area contributed by atoms with E-state index in [1.54, 1.807) is 41.3 Å². The molecule has 0 radical (unpaired) electrons. The predicted octanol–water partition coefficient (Wildman–Crippen LogP) is 2.23. The number of nitriles is 1. The number of aromatic nitrogens is 2. The lowest BCUT2D eigenvalue weighted by molar-refractivity contribution is 0.0952. The molecule has 1 aromatic heterocycles. The summed E-state index contributed by atoms with van der Waals surface area (Å²) >= 11 is 5.75. The van der Waals surface area contributed by atoms with Gasteiger partial charge in [-0.1, -0.05) is 17.7 Å². The molecule has 1 heterocycles. The summed E-state index contributed by atoms with van der Waals surface area (Å²) in [5, 5.41) is 16.2. The second-order valence-corrected chi connectivity index (χ2v) is 4.66. The molecule has 0 bridgehead atoms. The van der Waals surface area contributed by atoms with Crippen LogP contribution in [0.3, 0.4) is 0 Å². The summed E-state index contributed by atoms with van der Waals surface area (Å²) in [6, 6.07) is 8.62. The molecule has 0 atom stereocenters. The zero-order chi connectivity index (χ0) is 14.4. The molecular weight excluding hydrogens is 276 g/mol. The van der Waals surface area contributed by atoms with Gasteiger partial charge in [-0.25, -0.2) is 0 Å². The minimum absolute atomic E-state index is 0.180. The third kappa shape index (κ3) is 3.84. The number of halogens is 1. The molecule has 1 N–H and O–H groups in total. The van der Waals surface area contributed by atoms with Gasteiger partial charge >= 0.3 is 0 Å². The molecule has 0 fully saturated rings. The molecule has 0 aliphatic carbocycles. The number of hydrogen-bond acceptors (Lipinski definition) is 3. The summed E-state index contributed by atoms with van der Waals surface area (Å²) in [6.07, 6.45) is 4.06. The topological polar surface area (TPSA) is 70.7 Å². The van der Waals surface area contributed by atoms with Crippen molar-refractivity contribution in [2.45, 2.75) is 13.0 Å². The van der Waals surface area contributed by atoms with Crippen molar-refractivity contribution in [2.24, 2.45) is 0 Å². The largest absolute Gasteiger partial charge is 0.352 e. The summed E-state index contributed by atoms with van der Waals surface area (Å²) in [5.74, 6) is -0.180. The van der Waals surface area contributed by atoms with Crippen molar-refractivity contribution in [3.8, 4) is 6.07 Å². The highest BCUT2D eigenvalue weighted by Gasteiger charge is 2.05. The number of rotatable bonds is 5. The number of nitrogens with zero attached hydrogens (tertiary/aromatic N) is 3. The van der Waals surface area contributed by atoms with E-state index in [9.17, 15) is 4.79 Å². The lowest BCUT2D eigenvalue weighted by Crippen LogP contribution is -2.25. The molecule has 20 heavy (non-hydrogen) atoms. The second-order valence-electron chi connectivity index (χ2n) is 4.22. The minimum Gasteiger partial charge on any atom is -0.352 e. The van der Waals surface area contributed by atoms with E-state index < -0.39 is 0 Å². The third-order valence-corrected chi connectivity index (χ3v) is 2.90. The summed E-state index contributed by atoms with van der Waals surface area (Å²) in [6.45, 7) is 1.22. The quantitative estimate of drug-likeness (QED) is 0.858. The number of hydrogen-bond donors (Lipinski definition) is 1. The number of amides is 1. The van der Waals surface area contributed by atoms with Crippen molar-refractivity contribution in [3.63, 3.8) is 0 Å². The van der Waals surface area contributed by atoms with E-state index in [0.29, 0.717) is 29.2 Å². The van der Waals surface area contributed by atoms with Crippen molar-refractivity contribution in [1.29, 1.82) is 5.26 Å². The van der Waals surface area contributed by atoms with Crippen LogP contribution in [0.1, 0.15) is 22.3 Å². The molecule has 1 amide bonds. The monoisotopic (exact) mass is 288 g/mol. The van der Waals surface area contributed by atoms with Crippen LogP contribution in [0.5, 0.6) is 0 Å². The number of aryl methyl sites for hydroxylation is 1. The molecule has 102 valence electrons. The fraction of sp³-hybridized carbons (Fsp3) is 0.214. The fourth-order valence-corrected chi connectivity index (χ4v) is 1.89. The number of nitrogens with one attached hydrogen (secondary N) is 1. The van der Waals surface area contributed by atoms with Crippen LogP contribution in [-0.2, 0) is 6.54 Å². The molecule has 1 aromatic carbocycles. The van der Waals surface area contributed by atoms with Crippen molar-refractivity contribution >= 4 is 17.5 Å². The summed E-state index contributed by atoms with van der Waals surface area (Å²) < 4.78 is 1.73. The van der Waals surface area contributed by atoms with Crippen LogP contribution in [0.2, 0.25) is 5.02 Å². The van der Waals surface area contributed by atoms with E-state index in [1.807, 2.05) is 6.07 Å². The van der Waals surface area contributed by atoms with Crippen LogP contribution in [-0.4, -0.2) is 22.2 Å². The molecular formula is C14H13ClN4O. The Morgan fingerprint density at radius 3 is 3.05 bits per heavy atom. The average molecular weight is 289 g/mol. The van der Waals surface area contributed by atoms with Gasteiger partial charge in [-0.3, -0.25) is 9.48 Å². The van der Waals surface area contributed by atoms with Gasteiger partial charge in [0.1, 0.15) is 0 Å². The van der Waals surface area contributed by atoms with Gasteiger partial charge in [-0.15, -0.1) is 0 Å².